The Labute approximate surface area is 289 Å². The summed E-state index contributed by atoms with van der Waals surface area (Å²) in [6.45, 7) is 16.3. The van der Waals surface area contributed by atoms with E-state index in [0.717, 1.165) is 12.8 Å². The van der Waals surface area contributed by atoms with Gasteiger partial charge in [0.05, 0.1) is 6.54 Å². The van der Waals surface area contributed by atoms with Crippen LogP contribution in [0.2, 0.25) is 0 Å². The van der Waals surface area contributed by atoms with Crippen molar-refractivity contribution in [1.29, 1.82) is 0 Å². The van der Waals surface area contributed by atoms with Gasteiger partial charge in [-0.2, -0.15) is 0 Å². The standard InChI is InChI=1S/C36H64N6O6/c1-14-17-18-19-20-26(10)34(46)41(12)30(23(6)7)36(48)40(11)29(22(4)5)33(45)39-28(24(8)15-2)35(47)42(13)31(25(9)16-3)32(44)38-21-27(37)43/h1,22-26,28-31H,15-21H2,2-13H3,(H2,37,43)(H,38,44)(H,39,45)/t24-,25-,26-,28+,29+,30+,31+/m1/s1. The van der Waals surface area contributed by atoms with Crippen LogP contribution in [0.15, 0.2) is 0 Å². The SMILES string of the molecule is C#CCCCC[C@@H](C)C(=O)N(C)[C@H](C(=O)N(C)[C@H](C(=O)N[C@H](C(=O)N(C)[C@H](C(=O)NCC(N)=O)[C@H](C)CC)[C@H](C)CC)C(C)C)C(C)C. The van der Waals surface area contributed by atoms with Crippen LogP contribution in [0.3, 0.4) is 0 Å². The monoisotopic (exact) mass is 676 g/mol. The van der Waals surface area contributed by atoms with Crippen molar-refractivity contribution >= 4 is 35.4 Å². The fraction of sp³-hybridized carbons (Fsp3) is 0.778. The molecular formula is C36H64N6O6. The largest absolute Gasteiger partial charge is 0.368 e. The summed E-state index contributed by atoms with van der Waals surface area (Å²) < 4.78 is 0. The van der Waals surface area contributed by atoms with E-state index in [2.05, 4.69) is 16.6 Å². The molecule has 0 fully saturated rings. The maximum absolute atomic E-state index is 14.1. The van der Waals surface area contributed by atoms with E-state index in [0.29, 0.717) is 25.7 Å². The third kappa shape index (κ3) is 12.8. The highest BCUT2D eigenvalue weighted by atomic mass is 16.2. The number of primary amides is 1. The van der Waals surface area contributed by atoms with E-state index in [1.54, 1.807) is 14.1 Å². The van der Waals surface area contributed by atoms with Crippen molar-refractivity contribution in [3.63, 3.8) is 0 Å². The summed E-state index contributed by atoms with van der Waals surface area (Å²) in [7, 11) is 4.69. The molecule has 4 N–H and O–H groups in total. The highest BCUT2D eigenvalue weighted by Crippen LogP contribution is 2.22. The Morgan fingerprint density at radius 1 is 0.688 bits per heavy atom. The van der Waals surface area contributed by atoms with Crippen LogP contribution in [0, 0.1) is 41.9 Å². The molecule has 274 valence electrons. The van der Waals surface area contributed by atoms with Gasteiger partial charge in [0.1, 0.15) is 24.2 Å². The Kier molecular flexibility index (Phi) is 19.8. The number of amides is 6. The van der Waals surface area contributed by atoms with E-state index >= 15 is 0 Å². The summed E-state index contributed by atoms with van der Waals surface area (Å²) in [5.41, 5.74) is 5.22. The Bertz CT molecular complexity index is 1130. The van der Waals surface area contributed by atoms with Crippen molar-refractivity contribution in [2.75, 3.05) is 27.7 Å². The Hall–Kier alpha value is -3.62. The van der Waals surface area contributed by atoms with Crippen molar-refractivity contribution < 1.29 is 28.8 Å². The van der Waals surface area contributed by atoms with Crippen molar-refractivity contribution in [3.8, 4) is 12.3 Å². The van der Waals surface area contributed by atoms with Crippen LogP contribution >= 0.6 is 0 Å². The molecule has 0 heterocycles. The van der Waals surface area contributed by atoms with Crippen molar-refractivity contribution in [2.24, 2.45) is 35.3 Å². The molecule has 6 amide bonds. The predicted molar refractivity (Wildman–Crippen MR) is 189 cm³/mol. The topological polar surface area (TPSA) is 162 Å². The first-order valence-corrected chi connectivity index (χ1v) is 17.4. The molecule has 0 aliphatic heterocycles. The quantitative estimate of drug-likeness (QED) is 0.125. The molecule has 0 aromatic heterocycles. The summed E-state index contributed by atoms with van der Waals surface area (Å²) in [6.07, 6.45) is 9.42. The van der Waals surface area contributed by atoms with Crippen LogP contribution in [0.5, 0.6) is 0 Å². The Morgan fingerprint density at radius 2 is 1.19 bits per heavy atom. The first-order valence-electron chi connectivity index (χ1n) is 17.4. The van der Waals surface area contributed by atoms with Crippen molar-refractivity contribution in [3.05, 3.63) is 0 Å². The third-order valence-corrected chi connectivity index (χ3v) is 9.37. The van der Waals surface area contributed by atoms with Crippen LogP contribution in [0.1, 0.15) is 101 Å². The van der Waals surface area contributed by atoms with E-state index in [1.165, 1.54) is 21.7 Å². The summed E-state index contributed by atoms with van der Waals surface area (Å²) in [5.74, 6) is -1.54. The van der Waals surface area contributed by atoms with Gasteiger partial charge in [0.25, 0.3) is 0 Å². The van der Waals surface area contributed by atoms with Gasteiger partial charge in [-0.1, -0.05) is 81.6 Å². The molecule has 0 aliphatic carbocycles. The maximum Gasteiger partial charge on any atom is 0.246 e. The molecule has 7 atom stereocenters. The fourth-order valence-corrected chi connectivity index (χ4v) is 6.05. The zero-order valence-corrected chi connectivity index (χ0v) is 31.6. The number of nitrogens with one attached hydrogen (secondary N) is 2. The maximum atomic E-state index is 14.1. The number of likely N-dealkylation sites (N-methyl/N-ethyl adjacent to an activating group) is 3. The van der Waals surface area contributed by atoms with Gasteiger partial charge in [0.15, 0.2) is 0 Å². The lowest BCUT2D eigenvalue weighted by atomic mass is 9.92. The van der Waals surface area contributed by atoms with Crippen LogP contribution in [-0.2, 0) is 28.8 Å². The van der Waals surface area contributed by atoms with Gasteiger partial charge >= 0.3 is 0 Å². The van der Waals surface area contributed by atoms with Gasteiger partial charge in [-0.15, -0.1) is 12.3 Å². The van der Waals surface area contributed by atoms with Crippen LogP contribution < -0.4 is 16.4 Å². The Morgan fingerprint density at radius 3 is 1.65 bits per heavy atom. The highest BCUT2D eigenvalue weighted by Gasteiger charge is 2.41. The lowest BCUT2D eigenvalue weighted by Crippen LogP contribution is -2.62. The fourth-order valence-electron chi connectivity index (χ4n) is 6.05. The number of carbonyl (C=O) groups is 6. The zero-order valence-electron chi connectivity index (χ0n) is 31.6. The highest BCUT2D eigenvalue weighted by molar-refractivity contribution is 5.96. The van der Waals surface area contributed by atoms with Crippen LogP contribution in [0.4, 0.5) is 0 Å². The predicted octanol–water partition coefficient (Wildman–Crippen LogP) is 2.79. The molecule has 0 unspecified atom stereocenters. The minimum Gasteiger partial charge on any atom is -0.368 e. The molecule has 0 aromatic rings. The minimum atomic E-state index is -0.992. The minimum absolute atomic E-state index is 0.150. The van der Waals surface area contributed by atoms with Crippen LogP contribution in [-0.4, -0.2) is 102 Å². The average molecular weight is 677 g/mol. The summed E-state index contributed by atoms with van der Waals surface area (Å²) in [5, 5.41) is 5.42. The van der Waals surface area contributed by atoms with Gasteiger partial charge in [0.2, 0.25) is 35.4 Å². The lowest BCUT2D eigenvalue weighted by molar-refractivity contribution is -0.152. The summed E-state index contributed by atoms with van der Waals surface area (Å²) in [4.78, 5) is 84.1. The average Bonchev–Trinajstić information content (AvgIpc) is 3.02. The van der Waals surface area contributed by atoms with Gasteiger partial charge in [0, 0.05) is 33.5 Å². The number of hydrogen-bond donors (Lipinski definition) is 3. The smallest absolute Gasteiger partial charge is 0.246 e. The third-order valence-electron chi connectivity index (χ3n) is 9.37. The van der Waals surface area contributed by atoms with Gasteiger partial charge < -0.3 is 31.1 Å². The second kappa shape index (κ2) is 21.4. The van der Waals surface area contributed by atoms with Gasteiger partial charge in [-0.25, -0.2) is 0 Å². The van der Waals surface area contributed by atoms with E-state index < -0.39 is 47.8 Å². The summed E-state index contributed by atoms with van der Waals surface area (Å²) in [6, 6.07) is -3.65. The molecule has 0 saturated carbocycles. The number of rotatable bonds is 21. The number of nitrogens with zero attached hydrogens (tertiary/aromatic N) is 3. The first kappa shape index (κ1) is 44.4. The zero-order chi connectivity index (χ0) is 37.5. The van der Waals surface area contributed by atoms with E-state index in [4.69, 9.17) is 12.2 Å². The van der Waals surface area contributed by atoms with Crippen molar-refractivity contribution in [2.45, 2.75) is 125 Å². The second-order valence-corrected chi connectivity index (χ2v) is 14.0. The first-order chi connectivity index (χ1) is 22.3. The van der Waals surface area contributed by atoms with E-state index in [9.17, 15) is 28.8 Å². The molecule has 0 spiro atoms. The molecule has 12 nitrogen and oxygen atoms in total. The molecule has 0 rings (SSSR count). The molecular weight excluding hydrogens is 612 g/mol. The molecule has 0 aliphatic rings. The number of terminal acetylenes is 1. The lowest BCUT2D eigenvalue weighted by Gasteiger charge is -2.39. The molecule has 0 bridgehead atoms. The van der Waals surface area contributed by atoms with Gasteiger partial charge in [-0.3, -0.25) is 28.8 Å². The van der Waals surface area contributed by atoms with Gasteiger partial charge in [-0.05, 0) is 36.5 Å². The molecule has 48 heavy (non-hydrogen) atoms. The normalized spacial score (nSPS) is 15.6. The van der Waals surface area contributed by atoms with E-state index in [1.807, 2.05) is 62.3 Å². The van der Waals surface area contributed by atoms with E-state index in [-0.39, 0.29) is 47.9 Å². The molecule has 0 saturated heterocycles. The molecule has 0 aromatic carbocycles. The summed E-state index contributed by atoms with van der Waals surface area (Å²) >= 11 is 0. The molecule has 0 radical (unpaired) electrons. The molecule has 12 heteroatoms. The second-order valence-electron chi connectivity index (χ2n) is 14.0. The Balaban J connectivity index is 6.30. The number of hydrogen-bond acceptors (Lipinski definition) is 6. The number of carbonyl (C=O) groups excluding carboxylic acids is 6. The number of nitrogens with two attached hydrogens (primary N) is 1. The van der Waals surface area contributed by atoms with Crippen LogP contribution in [0.25, 0.3) is 0 Å². The number of unbranched alkanes of at least 4 members (excludes halogenated alkanes) is 2. The van der Waals surface area contributed by atoms with Crippen molar-refractivity contribution in [1.82, 2.24) is 25.3 Å².